The number of halogens is 2. The first-order valence-corrected chi connectivity index (χ1v) is 8.37. The molecule has 1 rings (SSSR count). The fraction of sp³-hybridized carbons (Fsp3) is 0.333. The normalized spacial score (nSPS) is 11.5. The quantitative estimate of drug-likeness (QED) is 0.754. The lowest BCUT2D eigenvalue weighted by atomic mass is 10.3. The Hall–Kier alpha value is -0.183. The van der Waals surface area contributed by atoms with Crippen LogP contribution in [-0.4, -0.2) is 8.24 Å². The molecule has 1 aromatic carbocycles. The fourth-order valence-electron chi connectivity index (χ4n) is 1.06. The van der Waals surface area contributed by atoms with Gasteiger partial charge in [0, 0.05) is 15.7 Å². The van der Waals surface area contributed by atoms with Gasteiger partial charge in [-0.25, -0.2) is 0 Å². The highest BCUT2D eigenvalue weighted by atomic mass is 35.5. The third kappa shape index (κ3) is 4.03. The molecule has 0 radical (unpaired) electrons. The number of benzene rings is 1. The van der Waals surface area contributed by atoms with Crippen molar-refractivity contribution in [3.63, 3.8) is 0 Å². The third-order valence-corrected chi connectivity index (χ3v) is 2.86. The SMILES string of the molecule is C[Si](C)(C)Nc1cc(Cl)cc(Cl)c1. The predicted octanol–water partition coefficient (Wildman–Crippen LogP) is 4.24. The van der Waals surface area contributed by atoms with Crippen LogP contribution in [0.4, 0.5) is 5.69 Å². The van der Waals surface area contributed by atoms with E-state index in [2.05, 4.69) is 24.6 Å². The Balaban J connectivity index is 2.90. The summed E-state index contributed by atoms with van der Waals surface area (Å²) >= 11 is 11.7. The van der Waals surface area contributed by atoms with Crippen LogP contribution in [0.3, 0.4) is 0 Å². The Morgan fingerprint density at radius 2 is 1.46 bits per heavy atom. The van der Waals surface area contributed by atoms with E-state index in [-0.39, 0.29) is 0 Å². The van der Waals surface area contributed by atoms with Gasteiger partial charge in [-0.1, -0.05) is 42.8 Å². The number of hydrogen-bond acceptors (Lipinski definition) is 1. The molecule has 0 aliphatic carbocycles. The second-order valence-electron chi connectivity index (χ2n) is 4.03. The van der Waals surface area contributed by atoms with E-state index in [1.54, 1.807) is 6.07 Å². The number of anilines is 1. The zero-order valence-electron chi connectivity index (χ0n) is 7.99. The average Bonchev–Trinajstić information content (AvgIpc) is 1.78. The topological polar surface area (TPSA) is 12.0 Å². The molecule has 0 unspecified atom stereocenters. The van der Waals surface area contributed by atoms with Crippen LogP contribution in [0.25, 0.3) is 0 Å². The van der Waals surface area contributed by atoms with Crippen LogP contribution in [-0.2, 0) is 0 Å². The van der Waals surface area contributed by atoms with Crippen LogP contribution in [0.5, 0.6) is 0 Å². The maximum absolute atomic E-state index is 5.87. The summed E-state index contributed by atoms with van der Waals surface area (Å²) in [5.41, 5.74) is 1.01. The molecule has 0 aromatic heterocycles. The molecular formula is C9H13Cl2NSi. The lowest BCUT2D eigenvalue weighted by Crippen LogP contribution is -2.32. The van der Waals surface area contributed by atoms with Crippen LogP contribution >= 0.6 is 23.2 Å². The van der Waals surface area contributed by atoms with Crippen LogP contribution in [0.2, 0.25) is 29.7 Å². The summed E-state index contributed by atoms with van der Waals surface area (Å²) in [6.07, 6.45) is 0. The molecule has 0 aliphatic heterocycles. The van der Waals surface area contributed by atoms with Crippen molar-refractivity contribution in [1.82, 2.24) is 0 Å². The highest BCUT2D eigenvalue weighted by Gasteiger charge is 2.13. The molecule has 0 amide bonds. The maximum atomic E-state index is 5.87. The molecule has 1 nitrogen and oxygen atoms in total. The molecule has 0 heterocycles. The van der Waals surface area contributed by atoms with Crippen molar-refractivity contribution in [1.29, 1.82) is 0 Å². The first-order chi connectivity index (χ1) is 5.87. The Labute approximate surface area is 90.1 Å². The third-order valence-electron chi connectivity index (χ3n) is 1.38. The van der Waals surface area contributed by atoms with Crippen molar-refractivity contribution in [3.05, 3.63) is 28.2 Å². The van der Waals surface area contributed by atoms with Gasteiger partial charge in [0.1, 0.15) is 8.24 Å². The standard InChI is InChI=1S/C9H13Cl2NSi/c1-13(2,3)12-9-5-7(10)4-8(11)6-9/h4-6,12H,1-3H3. The minimum atomic E-state index is -1.31. The van der Waals surface area contributed by atoms with E-state index >= 15 is 0 Å². The zero-order valence-corrected chi connectivity index (χ0v) is 10.5. The first kappa shape index (κ1) is 10.9. The number of nitrogens with one attached hydrogen (secondary N) is 1. The summed E-state index contributed by atoms with van der Waals surface area (Å²) in [5.74, 6) is 0. The van der Waals surface area contributed by atoms with Crippen molar-refractivity contribution in [3.8, 4) is 0 Å². The van der Waals surface area contributed by atoms with Gasteiger partial charge in [0.05, 0.1) is 0 Å². The molecule has 1 aromatic rings. The van der Waals surface area contributed by atoms with Gasteiger partial charge in [-0.2, -0.15) is 0 Å². The molecule has 0 aliphatic rings. The average molecular weight is 234 g/mol. The van der Waals surface area contributed by atoms with E-state index in [9.17, 15) is 0 Å². The van der Waals surface area contributed by atoms with Gasteiger partial charge < -0.3 is 4.98 Å². The summed E-state index contributed by atoms with van der Waals surface area (Å²) in [7, 11) is -1.31. The molecule has 0 spiro atoms. The molecule has 0 saturated heterocycles. The van der Waals surface area contributed by atoms with Crippen LogP contribution < -0.4 is 4.98 Å². The highest BCUT2D eigenvalue weighted by Crippen LogP contribution is 2.23. The lowest BCUT2D eigenvalue weighted by Gasteiger charge is -2.19. The van der Waals surface area contributed by atoms with Crippen LogP contribution in [0, 0.1) is 0 Å². The van der Waals surface area contributed by atoms with Crippen molar-refractivity contribution in [2.45, 2.75) is 19.6 Å². The van der Waals surface area contributed by atoms with E-state index in [4.69, 9.17) is 23.2 Å². The second kappa shape index (κ2) is 3.90. The zero-order chi connectivity index (χ0) is 10.1. The molecule has 0 bridgehead atoms. The second-order valence-corrected chi connectivity index (χ2v) is 9.66. The first-order valence-electron chi connectivity index (χ1n) is 4.11. The van der Waals surface area contributed by atoms with Gasteiger partial charge in [0.2, 0.25) is 0 Å². The summed E-state index contributed by atoms with van der Waals surface area (Å²) in [6, 6.07) is 5.52. The van der Waals surface area contributed by atoms with Gasteiger partial charge in [-0.05, 0) is 18.2 Å². The fourth-order valence-corrected chi connectivity index (χ4v) is 2.60. The molecule has 72 valence electrons. The van der Waals surface area contributed by atoms with E-state index in [0.717, 1.165) is 5.69 Å². The molecule has 1 N–H and O–H groups in total. The predicted molar refractivity (Wildman–Crippen MR) is 63.4 cm³/mol. The maximum Gasteiger partial charge on any atom is 0.144 e. The smallest absolute Gasteiger partial charge is 0.144 e. The van der Waals surface area contributed by atoms with E-state index in [0.29, 0.717) is 10.0 Å². The molecule has 4 heteroatoms. The monoisotopic (exact) mass is 233 g/mol. The molecule has 13 heavy (non-hydrogen) atoms. The number of hydrogen-bond donors (Lipinski definition) is 1. The van der Waals surface area contributed by atoms with Gasteiger partial charge >= 0.3 is 0 Å². The lowest BCUT2D eigenvalue weighted by molar-refractivity contribution is 1.57. The van der Waals surface area contributed by atoms with E-state index < -0.39 is 8.24 Å². The van der Waals surface area contributed by atoms with Gasteiger partial charge in [0.25, 0.3) is 0 Å². The van der Waals surface area contributed by atoms with Crippen molar-refractivity contribution in [2.75, 3.05) is 4.98 Å². The largest absolute Gasteiger partial charge is 0.411 e. The Morgan fingerprint density at radius 1 is 1.00 bits per heavy atom. The van der Waals surface area contributed by atoms with Gasteiger partial charge in [-0.15, -0.1) is 0 Å². The Kier molecular flexibility index (Phi) is 3.27. The summed E-state index contributed by atoms with van der Waals surface area (Å²) in [6.45, 7) is 6.67. The van der Waals surface area contributed by atoms with Gasteiger partial charge in [-0.3, -0.25) is 0 Å². The Bertz CT molecular complexity index is 287. The summed E-state index contributed by atoms with van der Waals surface area (Å²) in [5, 5.41) is 1.35. The molecule has 0 saturated carbocycles. The number of rotatable bonds is 2. The van der Waals surface area contributed by atoms with E-state index in [1.807, 2.05) is 12.1 Å². The summed E-state index contributed by atoms with van der Waals surface area (Å²) < 4.78 is 0. The molecular weight excluding hydrogens is 221 g/mol. The minimum absolute atomic E-state index is 0.674. The molecule has 0 atom stereocenters. The van der Waals surface area contributed by atoms with Crippen molar-refractivity contribution in [2.24, 2.45) is 0 Å². The van der Waals surface area contributed by atoms with E-state index in [1.165, 1.54) is 0 Å². The van der Waals surface area contributed by atoms with Crippen molar-refractivity contribution >= 4 is 37.1 Å². The molecule has 0 fully saturated rings. The highest BCUT2D eigenvalue weighted by molar-refractivity contribution is 6.79. The Morgan fingerprint density at radius 3 is 1.85 bits per heavy atom. The summed E-state index contributed by atoms with van der Waals surface area (Å²) in [4.78, 5) is 3.43. The van der Waals surface area contributed by atoms with Crippen LogP contribution in [0.15, 0.2) is 18.2 Å². The van der Waals surface area contributed by atoms with Crippen molar-refractivity contribution < 1.29 is 0 Å². The van der Waals surface area contributed by atoms with Gasteiger partial charge in [0.15, 0.2) is 0 Å². The van der Waals surface area contributed by atoms with Crippen LogP contribution in [0.1, 0.15) is 0 Å². The minimum Gasteiger partial charge on any atom is -0.411 e.